The van der Waals surface area contributed by atoms with E-state index in [-0.39, 0.29) is 13.2 Å². The van der Waals surface area contributed by atoms with E-state index in [2.05, 4.69) is 19.6 Å². The van der Waals surface area contributed by atoms with E-state index in [0.717, 1.165) is 12.8 Å². The van der Waals surface area contributed by atoms with Gasteiger partial charge >= 0.3 is 0 Å². The largest absolute Gasteiger partial charge is 0.395 e. The molecule has 0 fully saturated rings. The summed E-state index contributed by atoms with van der Waals surface area (Å²) in [7, 11) is 0. The Balaban J connectivity index is 3.99. The van der Waals surface area contributed by atoms with Crippen molar-refractivity contribution in [1.29, 1.82) is 0 Å². The lowest BCUT2D eigenvalue weighted by molar-refractivity contribution is 0.0709. The van der Waals surface area contributed by atoms with Crippen LogP contribution in [-0.2, 0) is 0 Å². The van der Waals surface area contributed by atoms with Crippen molar-refractivity contribution in [3.63, 3.8) is 0 Å². The monoisotopic (exact) mass is 241 g/mol. The fraction of sp³-hybridized carbons (Fsp3) is 1.00. The number of rotatable bonds is 9. The molecule has 0 heterocycles. The maximum Gasteiger partial charge on any atom is 0.251 e. The molecule has 0 saturated heterocycles. The van der Waals surface area contributed by atoms with Crippen LogP contribution in [0, 0.1) is 5.92 Å². The molecule has 0 aromatic rings. The predicted molar refractivity (Wildman–Crippen MR) is 61.8 cm³/mol. The molecule has 0 aliphatic heterocycles. The van der Waals surface area contributed by atoms with Gasteiger partial charge in [0.2, 0.25) is 0 Å². The first-order valence-electron chi connectivity index (χ1n) is 5.36. The van der Waals surface area contributed by atoms with Crippen LogP contribution in [0.2, 0.25) is 0 Å². The van der Waals surface area contributed by atoms with Crippen molar-refractivity contribution < 1.29 is 13.9 Å². The minimum absolute atomic E-state index is 0.0713. The van der Waals surface area contributed by atoms with Gasteiger partial charge < -0.3 is 5.11 Å². The third-order valence-electron chi connectivity index (χ3n) is 2.28. The highest BCUT2D eigenvalue weighted by atomic mass is 32.1. The van der Waals surface area contributed by atoms with Gasteiger partial charge in [0.25, 0.3) is 6.43 Å². The standard InChI is InChI=1S/C10H21F2NOS/c1-2-3-9(8-15)6-13(4-5-14)7-10(11)12/h9-10,14-15H,2-8H2,1H3. The SMILES string of the molecule is CCCC(CS)CN(CCO)CC(F)F. The van der Waals surface area contributed by atoms with Crippen LogP contribution < -0.4 is 0 Å². The lowest BCUT2D eigenvalue weighted by atomic mass is 10.1. The number of nitrogens with zero attached hydrogens (tertiary/aromatic N) is 1. The van der Waals surface area contributed by atoms with E-state index in [1.54, 1.807) is 4.90 Å². The molecule has 0 aromatic carbocycles. The Hall–Kier alpha value is 0.130. The van der Waals surface area contributed by atoms with Gasteiger partial charge in [0.1, 0.15) is 0 Å². The van der Waals surface area contributed by atoms with Gasteiger partial charge in [-0.05, 0) is 18.1 Å². The van der Waals surface area contributed by atoms with Crippen molar-refractivity contribution in [1.82, 2.24) is 4.90 Å². The molecule has 0 saturated carbocycles. The third-order valence-corrected chi connectivity index (χ3v) is 2.80. The lowest BCUT2D eigenvalue weighted by Gasteiger charge is -2.25. The molecule has 0 aromatic heterocycles. The molecule has 0 amide bonds. The molecule has 0 rings (SSSR count). The van der Waals surface area contributed by atoms with Crippen LogP contribution in [0.4, 0.5) is 8.78 Å². The van der Waals surface area contributed by atoms with Gasteiger partial charge in [0, 0.05) is 13.1 Å². The molecule has 5 heteroatoms. The van der Waals surface area contributed by atoms with Crippen molar-refractivity contribution in [2.45, 2.75) is 26.2 Å². The second kappa shape index (κ2) is 9.36. The number of halogens is 2. The van der Waals surface area contributed by atoms with E-state index < -0.39 is 6.43 Å². The normalized spacial score (nSPS) is 13.8. The molecule has 15 heavy (non-hydrogen) atoms. The van der Waals surface area contributed by atoms with E-state index in [0.29, 0.717) is 24.8 Å². The Kier molecular flexibility index (Phi) is 9.44. The summed E-state index contributed by atoms with van der Waals surface area (Å²) in [6.07, 6.45) is -0.305. The fourth-order valence-corrected chi connectivity index (χ4v) is 1.91. The van der Waals surface area contributed by atoms with Crippen molar-refractivity contribution in [2.24, 2.45) is 5.92 Å². The van der Waals surface area contributed by atoms with Crippen LogP contribution in [-0.4, -0.2) is 48.4 Å². The summed E-state index contributed by atoms with van der Waals surface area (Å²) in [4.78, 5) is 1.61. The minimum Gasteiger partial charge on any atom is -0.395 e. The molecule has 0 bridgehead atoms. The van der Waals surface area contributed by atoms with E-state index in [1.165, 1.54) is 0 Å². The summed E-state index contributed by atoms with van der Waals surface area (Å²) in [5, 5.41) is 8.76. The zero-order chi connectivity index (χ0) is 11.7. The van der Waals surface area contributed by atoms with Crippen LogP contribution in [0.5, 0.6) is 0 Å². The topological polar surface area (TPSA) is 23.5 Å². The zero-order valence-corrected chi connectivity index (χ0v) is 10.1. The Morgan fingerprint density at radius 3 is 2.40 bits per heavy atom. The first-order valence-corrected chi connectivity index (χ1v) is 5.99. The van der Waals surface area contributed by atoms with Crippen LogP contribution in [0.15, 0.2) is 0 Å². The molecule has 1 unspecified atom stereocenters. The number of hydrogen-bond donors (Lipinski definition) is 2. The van der Waals surface area contributed by atoms with Gasteiger partial charge in [-0.15, -0.1) is 0 Å². The summed E-state index contributed by atoms with van der Waals surface area (Å²) >= 11 is 4.21. The second-order valence-corrected chi connectivity index (χ2v) is 4.08. The van der Waals surface area contributed by atoms with Gasteiger partial charge in [-0.1, -0.05) is 13.3 Å². The smallest absolute Gasteiger partial charge is 0.251 e. The van der Waals surface area contributed by atoms with Crippen LogP contribution >= 0.6 is 12.6 Å². The molecule has 1 N–H and O–H groups in total. The molecule has 2 nitrogen and oxygen atoms in total. The minimum atomic E-state index is -2.33. The lowest BCUT2D eigenvalue weighted by Crippen LogP contribution is -2.36. The number of alkyl halides is 2. The van der Waals surface area contributed by atoms with Gasteiger partial charge in [-0.3, -0.25) is 4.90 Å². The average molecular weight is 241 g/mol. The summed E-state index contributed by atoms with van der Waals surface area (Å²) in [6.45, 7) is 2.66. The predicted octanol–water partition coefficient (Wildman–Crippen LogP) is 1.89. The quantitative estimate of drug-likeness (QED) is 0.602. The number of hydrogen-bond acceptors (Lipinski definition) is 3. The fourth-order valence-electron chi connectivity index (χ4n) is 1.61. The Labute approximate surface area is 96.1 Å². The van der Waals surface area contributed by atoms with Gasteiger partial charge in [-0.25, -0.2) is 8.78 Å². The van der Waals surface area contributed by atoms with Crippen LogP contribution in [0.3, 0.4) is 0 Å². The van der Waals surface area contributed by atoms with Gasteiger partial charge in [-0.2, -0.15) is 12.6 Å². The summed E-state index contributed by atoms with van der Waals surface area (Å²) in [6, 6.07) is 0. The molecular formula is C10H21F2NOS. The highest BCUT2D eigenvalue weighted by Crippen LogP contribution is 2.11. The second-order valence-electron chi connectivity index (χ2n) is 3.71. The van der Waals surface area contributed by atoms with Crippen LogP contribution in [0.25, 0.3) is 0 Å². The molecule has 1 atom stereocenters. The van der Waals surface area contributed by atoms with Gasteiger partial charge in [0.05, 0.1) is 13.2 Å². The molecule has 0 spiro atoms. The molecular weight excluding hydrogens is 220 g/mol. The highest BCUT2D eigenvalue weighted by Gasteiger charge is 2.15. The van der Waals surface area contributed by atoms with Crippen LogP contribution in [0.1, 0.15) is 19.8 Å². The van der Waals surface area contributed by atoms with Gasteiger partial charge in [0.15, 0.2) is 0 Å². The molecule has 0 radical (unpaired) electrons. The molecule has 0 aliphatic carbocycles. The maximum absolute atomic E-state index is 12.2. The Morgan fingerprint density at radius 1 is 1.33 bits per heavy atom. The Bertz CT molecular complexity index is 149. The van der Waals surface area contributed by atoms with Crippen molar-refractivity contribution in [2.75, 3.05) is 32.0 Å². The van der Waals surface area contributed by atoms with Crippen molar-refractivity contribution in [3.8, 4) is 0 Å². The maximum atomic E-state index is 12.2. The summed E-state index contributed by atoms with van der Waals surface area (Å²) in [5.41, 5.74) is 0. The molecule has 0 aliphatic rings. The first kappa shape index (κ1) is 15.1. The van der Waals surface area contributed by atoms with E-state index in [9.17, 15) is 8.78 Å². The Morgan fingerprint density at radius 2 is 2.00 bits per heavy atom. The number of thiol groups is 1. The first-order chi connectivity index (χ1) is 7.13. The third kappa shape index (κ3) is 7.99. The average Bonchev–Trinajstić information content (AvgIpc) is 2.16. The summed E-state index contributed by atoms with van der Waals surface area (Å²) in [5.74, 6) is 1.04. The van der Waals surface area contributed by atoms with E-state index >= 15 is 0 Å². The number of aliphatic hydroxyl groups is 1. The zero-order valence-electron chi connectivity index (χ0n) is 9.20. The van der Waals surface area contributed by atoms with E-state index in [4.69, 9.17) is 5.11 Å². The van der Waals surface area contributed by atoms with Crippen molar-refractivity contribution in [3.05, 3.63) is 0 Å². The van der Waals surface area contributed by atoms with Crippen molar-refractivity contribution >= 4 is 12.6 Å². The number of aliphatic hydroxyl groups excluding tert-OH is 1. The van der Waals surface area contributed by atoms with E-state index in [1.807, 2.05) is 0 Å². The summed E-state index contributed by atoms with van der Waals surface area (Å²) < 4.78 is 24.4. The molecule has 92 valence electrons. The highest BCUT2D eigenvalue weighted by molar-refractivity contribution is 7.80.